The molecular formula is C20H18N2O3S. The Morgan fingerprint density at radius 3 is 2.12 bits per heavy atom. The lowest BCUT2D eigenvalue weighted by atomic mass is 10.2. The van der Waals surface area contributed by atoms with Gasteiger partial charge in [-0.3, -0.25) is 9.52 Å². The van der Waals surface area contributed by atoms with Gasteiger partial charge >= 0.3 is 0 Å². The van der Waals surface area contributed by atoms with Gasteiger partial charge in [-0.05, 0) is 61.0 Å². The second-order valence-corrected chi connectivity index (χ2v) is 7.50. The number of hydrogen-bond donors (Lipinski definition) is 2. The van der Waals surface area contributed by atoms with Crippen LogP contribution in [-0.4, -0.2) is 14.3 Å². The van der Waals surface area contributed by atoms with Crippen LogP contribution in [0.3, 0.4) is 0 Å². The maximum atomic E-state index is 12.4. The fourth-order valence-corrected chi connectivity index (χ4v) is 3.49. The van der Waals surface area contributed by atoms with Crippen molar-refractivity contribution in [2.75, 3.05) is 10.0 Å². The Balaban J connectivity index is 1.74. The number of carbonyl (C=O) groups is 1. The molecule has 3 aromatic rings. The zero-order valence-electron chi connectivity index (χ0n) is 14.1. The molecule has 5 nitrogen and oxygen atoms in total. The van der Waals surface area contributed by atoms with Gasteiger partial charge in [-0.2, -0.15) is 0 Å². The monoisotopic (exact) mass is 366 g/mol. The molecule has 26 heavy (non-hydrogen) atoms. The summed E-state index contributed by atoms with van der Waals surface area (Å²) in [6, 6.07) is 21.9. The molecule has 0 radical (unpaired) electrons. The van der Waals surface area contributed by atoms with Gasteiger partial charge in [-0.25, -0.2) is 8.42 Å². The van der Waals surface area contributed by atoms with Gasteiger partial charge < -0.3 is 5.32 Å². The standard InChI is InChI=1S/C20H18N2O3S/c1-15-6-5-9-18(14-15)21-20(23)16-10-12-19(13-11-16)26(24,25)22-17-7-3-2-4-8-17/h2-14,22H,1H3,(H,21,23). The van der Waals surface area contributed by atoms with Crippen LogP contribution in [0.2, 0.25) is 0 Å². The summed E-state index contributed by atoms with van der Waals surface area (Å²) in [5, 5.41) is 2.79. The van der Waals surface area contributed by atoms with E-state index in [2.05, 4.69) is 10.0 Å². The van der Waals surface area contributed by atoms with Crippen molar-refractivity contribution in [3.8, 4) is 0 Å². The zero-order chi connectivity index (χ0) is 18.6. The van der Waals surface area contributed by atoms with Gasteiger partial charge in [-0.1, -0.05) is 30.3 Å². The van der Waals surface area contributed by atoms with Gasteiger partial charge in [-0.15, -0.1) is 0 Å². The summed E-state index contributed by atoms with van der Waals surface area (Å²) in [4.78, 5) is 12.4. The van der Waals surface area contributed by atoms with E-state index in [0.29, 0.717) is 16.9 Å². The van der Waals surface area contributed by atoms with Gasteiger partial charge in [0, 0.05) is 16.9 Å². The van der Waals surface area contributed by atoms with E-state index >= 15 is 0 Å². The molecule has 1 amide bonds. The third-order valence-corrected chi connectivity index (χ3v) is 5.13. The van der Waals surface area contributed by atoms with E-state index in [-0.39, 0.29) is 10.8 Å². The third kappa shape index (κ3) is 4.29. The van der Waals surface area contributed by atoms with E-state index in [1.54, 1.807) is 36.4 Å². The molecule has 0 aliphatic rings. The molecule has 0 bridgehead atoms. The number of hydrogen-bond acceptors (Lipinski definition) is 3. The van der Waals surface area contributed by atoms with Crippen molar-refractivity contribution < 1.29 is 13.2 Å². The fraction of sp³-hybridized carbons (Fsp3) is 0.0500. The summed E-state index contributed by atoms with van der Waals surface area (Å²) < 4.78 is 27.3. The summed E-state index contributed by atoms with van der Waals surface area (Å²) >= 11 is 0. The van der Waals surface area contributed by atoms with Crippen molar-refractivity contribution in [3.05, 3.63) is 90.0 Å². The number of sulfonamides is 1. The van der Waals surface area contributed by atoms with E-state index in [0.717, 1.165) is 5.56 Å². The number of para-hydroxylation sites is 1. The van der Waals surface area contributed by atoms with E-state index in [1.165, 1.54) is 24.3 Å². The van der Waals surface area contributed by atoms with Crippen LogP contribution >= 0.6 is 0 Å². The lowest BCUT2D eigenvalue weighted by molar-refractivity contribution is 0.102. The molecule has 132 valence electrons. The topological polar surface area (TPSA) is 75.3 Å². The first-order valence-corrected chi connectivity index (χ1v) is 9.48. The minimum Gasteiger partial charge on any atom is -0.322 e. The molecule has 0 aliphatic heterocycles. The van der Waals surface area contributed by atoms with Crippen molar-refractivity contribution >= 4 is 27.3 Å². The Labute approximate surface area is 152 Å². The van der Waals surface area contributed by atoms with Crippen LogP contribution in [0.4, 0.5) is 11.4 Å². The minimum absolute atomic E-state index is 0.0912. The highest BCUT2D eigenvalue weighted by Crippen LogP contribution is 2.17. The van der Waals surface area contributed by atoms with Gasteiger partial charge in [0.15, 0.2) is 0 Å². The summed E-state index contributed by atoms with van der Waals surface area (Å²) in [5.74, 6) is -0.296. The highest BCUT2D eigenvalue weighted by molar-refractivity contribution is 7.92. The largest absolute Gasteiger partial charge is 0.322 e. The number of nitrogens with one attached hydrogen (secondary N) is 2. The van der Waals surface area contributed by atoms with E-state index in [1.807, 2.05) is 25.1 Å². The third-order valence-electron chi connectivity index (χ3n) is 3.73. The predicted octanol–water partition coefficient (Wildman–Crippen LogP) is 4.05. The van der Waals surface area contributed by atoms with Gasteiger partial charge in [0.25, 0.3) is 15.9 Å². The average molecular weight is 366 g/mol. The molecule has 3 aromatic carbocycles. The lowest BCUT2D eigenvalue weighted by Gasteiger charge is -2.09. The molecule has 0 atom stereocenters. The maximum Gasteiger partial charge on any atom is 0.261 e. The Morgan fingerprint density at radius 2 is 1.46 bits per heavy atom. The summed E-state index contributed by atoms with van der Waals surface area (Å²) in [5.41, 5.74) is 2.59. The second-order valence-electron chi connectivity index (χ2n) is 5.82. The van der Waals surface area contributed by atoms with Crippen LogP contribution in [0, 0.1) is 6.92 Å². The second kappa shape index (κ2) is 7.41. The quantitative estimate of drug-likeness (QED) is 0.715. The first-order valence-electron chi connectivity index (χ1n) is 8.00. The van der Waals surface area contributed by atoms with Crippen LogP contribution in [0.1, 0.15) is 15.9 Å². The predicted molar refractivity (Wildman–Crippen MR) is 103 cm³/mol. The van der Waals surface area contributed by atoms with Crippen molar-refractivity contribution in [2.45, 2.75) is 11.8 Å². The molecule has 6 heteroatoms. The average Bonchev–Trinajstić information content (AvgIpc) is 2.62. The molecule has 0 unspecified atom stereocenters. The number of carbonyl (C=O) groups excluding carboxylic acids is 1. The molecule has 3 rings (SSSR count). The molecule has 0 heterocycles. The Hall–Kier alpha value is -3.12. The molecule has 2 N–H and O–H groups in total. The molecule has 0 saturated carbocycles. The molecule has 0 aliphatic carbocycles. The molecule has 0 aromatic heterocycles. The van der Waals surface area contributed by atoms with Crippen LogP contribution in [0.5, 0.6) is 0 Å². The van der Waals surface area contributed by atoms with E-state index < -0.39 is 10.0 Å². The van der Waals surface area contributed by atoms with Crippen molar-refractivity contribution in [3.63, 3.8) is 0 Å². The normalized spacial score (nSPS) is 11.0. The van der Waals surface area contributed by atoms with Gasteiger partial charge in [0.1, 0.15) is 0 Å². The first-order chi connectivity index (χ1) is 12.4. The Morgan fingerprint density at radius 1 is 0.808 bits per heavy atom. The molecule has 0 fully saturated rings. The van der Waals surface area contributed by atoms with Crippen LogP contribution in [0.25, 0.3) is 0 Å². The van der Waals surface area contributed by atoms with Crippen LogP contribution < -0.4 is 10.0 Å². The van der Waals surface area contributed by atoms with Crippen LogP contribution in [0.15, 0.2) is 83.8 Å². The minimum atomic E-state index is -3.70. The van der Waals surface area contributed by atoms with Crippen molar-refractivity contribution in [2.24, 2.45) is 0 Å². The molecular weight excluding hydrogens is 348 g/mol. The molecule has 0 spiro atoms. The van der Waals surface area contributed by atoms with E-state index in [9.17, 15) is 13.2 Å². The van der Waals surface area contributed by atoms with Crippen molar-refractivity contribution in [1.82, 2.24) is 0 Å². The van der Waals surface area contributed by atoms with Crippen LogP contribution in [-0.2, 0) is 10.0 Å². The highest BCUT2D eigenvalue weighted by atomic mass is 32.2. The highest BCUT2D eigenvalue weighted by Gasteiger charge is 2.15. The smallest absolute Gasteiger partial charge is 0.261 e. The number of amides is 1. The summed E-state index contributed by atoms with van der Waals surface area (Å²) in [6.45, 7) is 1.94. The van der Waals surface area contributed by atoms with Gasteiger partial charge in [0.05, 0.1) is 4.90 Å². The van der Waals surface area contributed by atoms with Crippen molar-refractivity contribution in [1.29, 1.82) is 0 Å². The van der Waals surface area contributed by atoms with E-state index in [4.69, 9.17) is 0 Å². The SMILES string of the molecule is Cc1cccc(NC(=O)c2ccc(S(=O)(=O)Nc3ccccc3)cc2)c1. The number of anilines is 2. The summed E-state index contributed by atoms with van der Waals surface area (Å²) in [6.07, 6.45) is 0. The Bertz CT molecular complexity index is 1010. The number of benzene rings is 3. The first kappa shape index (κ1) is 17.7. The maximum absolute atomic E-state index is 12.4. The lowest BCUT2D eigenvalue weighted by Crippen LogP contribution is -2.14. The van der Waals surface area contributed by atoms with Gasteiger partial charge in [0.2, 0.25) is 0 Å². The fourth-order valence-electron chi connectivity index (χ4n) is 2.43. The zero-order valence-corrected chi connectivity index (χ0v) is 15.0. The molecule has 0 saturated heterocycles. The number of rotatable bonds is 5. The number of aryl methyl sites for hydroxylation is 1. The Kier molecular flexibility index (Phi) is 5.04. The summed E-state index contributed by atoms with van der Waals surface area (Å²) in [7, 11) is -3.70.